The van der Waals surface area contributed by atoms with E-state index in [0.29, 0.717) is 37.3 Å². The van der Waals surface area contributed by atoms with Crippen molar-refractivity contribution in [3.05, 3.63) is 66.3 Å². The molecular formula is C19H13BrN2O3S2. The van der Waals surface area contributed by atoms with Crippen molar-refractivity contribution in [3.8, 4) is 17.3 Å². The lowest BCUT2D eigenvalue weighted by atomic mass is 10.1. The van der Waals surface area contributed by atoms with Crippen LogP contribution in [0.2, 0.25) is 0 Å². The first-order chi connectivity index (χ1) is 13.0. The Hall–Kier alpha value is -2.29. The molecule has 2 heterocycles. The molecule has 1 amide bonds. The van der Waals surface area contributed by atoms with Crippen molar-refractivity contribution >= 4 is 51.0 Å². The minimum absolute atomic E-state index is 0.0689. The lowest BCUT2D eigenvalue weighted by Crippen LogP contribution is -2.22. The first-order valence-electron chi connectivity index (χ1n) is 8.11. The van der Waals surface area contributed by atoms with E-state index in [-0.39, 0.29) is 11.8 Å². The smallest absolute Gasteiger partial charge is 0.279 e. The van der Waals surface area contributed by atoms with Gasteiger partial charge in [-0.1, -0.05) is 15.9 Å². The van der Waals surface area contributed by atoms with Crippen LogP contribution in [0, 0.1) is 3.95 Å². The predicted octanol–water partition coefficient (Wildman–Crippen LogP) is 3.49. The zero-order chi connectivity index (χ0) is 19.1. The molecule has 0 spiro atoms. The van der Waals surface area contributed by atoms with E-state index in [1.54, 1.807) is 10.6 Å². The van der Waals surface area contributed by atoms with E-state index in [9.17, 15) is 9.90 Å². The molecule has 27 heavy (non-hydrogen) atoms. The highest BCUT2D eigenvalue weighted by molar-refractivity contribution is 9.10. The molecule has 0 fully saturated rings. The van der Waals surface area contributed by atoms with E-state index in [1.165, 1.54) is 11.3 Å². The third-order valence-electron chi connectivity index (χ3n) is 4.08. The summed E-state index contributed by atoms with van der Waals surface area (Å²) < 4.78 is 8.26. The van der Waals surface area contributed by atoms with Gasteiger partial charge in [0.25, 0.3) is 5.91 Å². The SMILES string of the molecule is CCOc1ccc(-n2c(O)c(C3=c4cc(Br)ccc4=NC3=O)sc2=S)cc1. The molecule has 5 nitrogen and oxygen atoms in total. The van der Waals surface area contributed by atoms with Gasteiger partial charge < -0.3 is 9.84 Å². The van der Waals surface area contributed by atoms with Gasteiger partial charge in [-0.2, -0.15) is 0 Å². The van der Waals surface area contributed by atoms with Crippen LogP contribution in [0.5, 0.6) is 11.6 Å². The van der Waals surface area contributed by atoms with Crippen LogP contribution in [0.3, 0.4) is 0 Å². The molecule has 0 saturated carbocycles. The standard InChI is InChI=1S/C19H13BrN2O3S2/c1-2-25-12-6-4-11(5-7-12)22-18(24)16(27-19(22)26)15-13-9-10(20)3-8-14(13)21-17(15)23/h3-9,24H,2H2,1H3. The molecule has 8 heteroatoms. The summed E-state index contributed by atoms with van der Waals surface area (Å²) in [5.74, 6) is 0.287. The number of carbonyl (C=O) groups excluding carboxylic acids is 1. The minimum atomic E-state index is -0.381. The zero-order valence-corrected chi connectivity index (χ0v) is 17.3. The van der Waals surface area contributed by atoms with Crippen LogP contribution in [-0.2, 0) is 4.79 Å². The van der Waals surface area contributed by atoms with Crippen molar-refractivity contribution in [3.63, 3.8) is 0 Å². The Morgan fingerprint density at radius 3 is 2.70 bits per heavy atom. The number of nitrogens with zero attached hydrogens (tertiary/aromatic N) is 2. The number of benzene rings is 2. The topological polar surface area (TPSA) is 63.8 Å². The molecule has 1 aliphatic rings. The monoisotopic (exact) mass is 460 g/mol. The number of fused-ring (bicyclic) bond motifs is 1. The van der Waals surface area contributed by atoms with Crippen LogP contribution in [0.1, 0.15) is 11.8 Å². The van der Waals surface area contributed by atoms with Crippen LogP contribution in [-0.4, -0.2) is 22.2 Å². The maximum atomic E-state index is 12.5. The number of rotatable bonds is 4. The normalized spacial score (nSPS) is 12.8. The Bertz CT molecular complexity index is 1240. The van der Waals surface area contributed by atoms with Crippen LogP contribution in [0.4, 0.5) is 0 Å². The lowest BCUT2D eigenvalue weighted by molar-refractivity contribution is -0.112. The minimum Gasteiger partial charge on any atom is -0.494 e. The molecule has 1 aliphatic heterocycles. The molecule has 136 valence electrons. The number of hydrogen-bond acceptors (Lipinski definition) is 5. The molecule has 0 bridgehead atoms. The van der Waals surface area contributed by atoms with Gasteiger partial charge in [0.05, 0.1) is 23.2 Å². The number of halogens is 1. The third-order valence-corrected chi connectivity index (χ3v) is 5.96. The molecule has 0 aliphatic carbocycles. The number of ether oxygens (including phenoxy) is 1. The summed E-state index contributed by atoms with van der Waals surface area (Å²) in [6, 6.07) is 12.7. The van der Waals surface area contributed by atoms with Crippen LogP contribution in [0.15, 0.2) is 51.9 Å². The number of thiazole rings is 1. The fraction of sp³-hybridized carbons (Fsp3) is 0.105. The number of aromatic hydroxyl groups is 1. The van der Waals surface area contributed by atoms with Gasteiger partial charge in [0, 0.05) is 9.69 Å². The average molecular weight is 461 g/mol. The quantitative estimate of drug-likeness (QED) is 0.605. The highest BCUT2D eigenvalue weighted by atomic mass is 79.9. The van der Waals surface area contributed by atoms with Gasteiger partial charge in [-0.25, -0.2) is 4.99 Å². The van der Waals surface area contributed by atoms with E-state index in [2.05, 4.69) is 20.9 Å². The lowest BCUT2D eigenvalue weighted by Gasteiger charge is -2.07. The highest BCUT2D eigenvalue weighted by Crippen LogP contribution is 2.35. The number of hydrogen-bond donors (Lipinski definition) is 1. The van der Waals surface area contributed by atoms with Crippen molar-refractivity contribution in [2.24, 2.45) is 4.99 Å². The van der Waals surface area contributed by atoms with Gasteiger partial charge >= 0.3 is 0 Å². The fourth-order valence-electron chi connectivity index (χ4n) is 2.92. The molecule has 0 unspecified atom stereocenters. The van der Waals surface area contributed by atoms with Crippen molar-refractivity contribution < 1.29 is 14.6 Å². The molecule has 0 saturated heterocycles. The molecule has 1 aromatic heterocycles. The molecule has 0 atom stereocenters. The van der Waals surface area contributed by atoms with Gasteiger partial charge in [0.15, 0.2) is 3.95 Å². The van der Waals surface area contributed by atoms with Crippen molar-refractivity contribution in [2.45, 2.75) is 6.92 Å². The maximum Gasteiger partial charge on any atom is 0.279 e. The summed E-state index contributed by atoms with van der Waals surface area (Å²) in [5, 5.41) is 12.1. The van der Waals surface area contributed by atoms with Crippen LogP contribution < -0.4 is 15.3 Å². The summed E-state index contributed by atoms with van der Waals surface area (Å²) in [5.41, 5.74) is 1.06. The average Bonchev–Trinajstić information content (AvgIpc) is 3.11. The van der Waals surface area contributed by atoms with E-state index >= 15 is 0 Å². The van der Waals surface area contributed by atoms with Crippen molar-refractivity contribution in [1.82, 2.24) is 4.57 Å². The Kier molecular flexibility index (Phi) is 4.71. The van der Waals surface area contributed by atoms with Crippen molar-refractivity contribution in [2.75, 3.05) is 6.61 Å². The van der Waals surface area contributed by atoms with Crippen molar-refractivity contribution in [1.29, 1.82) is 0 Å². The first kappa shape index (κ1) is 18.1. The third kappa shape index (κ3) is 3.13. The summed E-state index contributed by atoms with van der Waals surface area (Å²) in [6.07, 6.45) is 0. The second-order valence-corrected chi connectivity index (χ2v) is 8.30. The molecule has 3 aromatic rings. The number of aromatic nitrogens is 1. The fourth-order valence-corrected chi connectivity index (χ4v) is 4.66. The van der Waals surface area contributed by atoms with E-state index in [0.717, 1.165) is 10.2 Å². The summed E-state index contributed by atoms with van der Waals surface area (Å²) in [7, 11) is 0. The van der Waals surface area contributed by atoms with Gasteiger partial charge in [-0.3, -0.25) is 9.36 Å². The van der Waals surface area contributed by atoms with Crippen LogP contribution in [0.25, 0.3) is 11.3 Å². The van der Waals surface area contributed by atoms with Gasteiger partial charge in [0.1, 0.15) is 10.6 Å². The Labute approximate surface area is 172 Å². The largest absolute Gasteiger partial charge is 0.494 e. The van der Waals surface area contributed by atoms with Gasteiger partial charge in [0.2, 0.25) is 5.88 Å². The Balaban J connectivity index is 1.90. The second-order valence-electron chi connectivity index (χ2n) is 5.74. The molecule has 4 rings (SSSR count). The number of carbonyl (C=O) groups is 1. The van der Waals surface area contributed by atoms with Gasteiger partial charge in [-0.05, 0) is 61.6 Å². The van der Waals surface area contributed by atoms with E-state index in [1.807, 2.05) is 43.3 Å². The summed E-state index contributed by atoms with van der Waals surface area (Å²) in [6.45, 7) is 2.49. The molecule has 2 aromatic carbocycles. The molecular weight excluding hydrogens is 448 g/mol. The Morgan fingerprint density at radius 1 is 1.26 bits per heavy atom. The van der Waals surface area contributed by atoms with E-state index < -0.39 is 0 Å². The zero-order valence-electron chi connectivity index (χ0n) is 14.1. The molecule has 1 N–H and O–H groups in total. The highest BCUT2D eigenvalue weighted by Gasteiger charge is 2.25. The first-order valence-corrected chi connectivity index (χ1v) is 10.1. The summed E-state index contributed by atoms with van der Waals surface area (Å²) >= 11 is 10.1. The maximum absolute atomic E-state index is 12.5. The predicted molar refractivity (Wildman–Crippen MR) is 110 cm³/mol. The second kappa shape index (κ2) is 7.03. The number of amides is 1. The Morgan fingerprint density at radius 2 is 2.00 bits per heavy atom. The van der Waals surface area contributed by atoms with Gasteiger partial charge in [-0.15, -0.1) is 11.3 Å². The summed E-state index contributed by atoms with van der Waals surface area (Å²) in [4.78, 5) is 17.0. The van der Waals surface area contributed by atoms with Crippen LogP contribution >= 0.6 is 39.5 Å². The molecule has 0 radical (unpaired) electrons. The van der Waals surface area contributed by atoms with E-state index in [4.69, 9.17) is 17.0 Å².